The highest BCUT2D eigenvalue weighted by Gasteiger charge is 2.42. The molecule has 1 amide bonds. The first-order valence-corrected chi connectivity index (χ1v) is 9.50. The standard InChI is InChI=1S/C20H25N3O4/c1-14-4-3-5-18(21-14)26-16-6-11-25-20(13-16)7-9-23(10-8-20)19(24)17-12-15(2)27-22-17/h3-5,12,16H,6-11,13H2,1-2H3. The van der Waals surface area contributed by atoms with Gasteiger partial charge in [-0.2, -0.15) is 0 Å². The Labute approximate surface area is 158 Å². The molecule has 0 saturated carbocycles. The Kier molecular flexibility index (Phi) is 4.86. The van der Waals surface area contributed by atoms with Crippen LogP contribution in [-0.2, 0) is 4.74 Å². The number of aryl methyl sites for hydroxylation is 2. The zero-order valence-electron chi connectivity index (χ0n) is 15.8. The van der Waals surface area contributed by atoms with Crippen molar-refractivity contribution in [2.75, 3.05) is 19.7 Å². The van der Waals surface area contributed by atoms with Gasteiger partial charge in [0.25, 0.3) is 5.91 Å². The Bertz CT molecular complexity index is 811. The molecular formula is C20H25N3O4. The van der Waals surface area contributed by atoms with Gasteiger partial charge < -0.3 is 18.9 Å². The van der Waals surface area contributed by atoms with Crippen molar-refractivity contribution in [2.24, 2.45) is 0 Å². The summed E-state index contributed by atoms with van der Waals surface area (Å²) in [7, 11) is 0. The van der Waals surface area contributed by atoms with Crippen LogP contribution in [0.25, 0.3) is 0 Å². The highest BCUT2D eigenvalue weighted by Crippen LogP contribution is 2.36. The summed E-state index contributed by atoms with van der Waals surface area (Å²) >= 11 is 0. The van der Waals surface area contributed by atoms with Gasteiger partial charge in [0.2, 0.25) is 5.88 Å². The van der Waals surface area contributed by atoms with Gasteiger partial charge in [-0.3, -0.25) is 4.79 Å². The first-order chi connectivity index (χ1) is 13.0. The van der Waals surface area contributed by atoms with Crippen LogP contribution in [0.5, 0.6) is 5.88 Å². The third-order valence-electron chi connectivity index (χ3n) is 5.41. The molecule has 2 aliphatic heterocycles. The predicted octanol–water partition coefficient (Wildman–Crippen LogP) is 2.92. The van der Waals surface area contributed by atoms with Crippen molar-refractivity contribution in [1.29, 1.82) is 0 Å². The lowest BCUT2D eigenvalue weighted by atomic mass is 9.83. The molecule has 7 heteroatoms. The van der Waals surface area contributed by atoms with Crippen molar-refractivity contribution in [2.45, 2.75) is 51.2 Å². The Morgan fingerprint density at radius 3 is 2.81 bits per heavy atom. The Hall–Kier alpha value is -2.41. The number of ether oxygens (including phenoxy) is 2. The highest BCUT2D eigenvalue weighted by molar-refractivity contribution is 5.92. The summed E-state index contributed by atoms with van der Waals surface area (Å²) in [4.78, 5) is 18.8. The molecule has 1 unspecified atom stereocenters. The first kappa shape index (κ1) is 18.0. The second-order valence-electron chi connectivity index (χ2n) is 7.50. The number of hydrogen-bond donors (Lipinski definition) is 0. The first-order valence-electron chi connectivity index (χ1n) is 9.50. The Morgan fingerprint density at radius 1 is 1.30 bits per heavy atom. The van der Waals surface area contributed by atoms with Crippen LogP contribution in [0.2, 0.25) is 0 Å². The molecule has 4 rings (SSSR count). The number of nitrogens with zero attached hydrogens (tertiary/aromatic N) is 3. The van der Waals surface area contributed by atoms with E-state index in [0.717, 1.165) is 31.4 Å². The van der Waals surface area contributed by atoms with Crippen molar-refractivity contribution in [1.82, 2.24) is 15.0 Å². The third-order valence-corrected chi connectivity index (χ3v) is 5.41. The van der Waals surface area contributed by atoms with Crippen molar-refractivity contribution in [3.05, 3.63) is 41.4 Å². The summed E-state index contributed by atoms with van der Waals surface area (Å²) in [5, 5.41) is 3.84. The number of piperidine rings is 1. The van der Waals surface area contributed by atoms with Crippen molar-refractivity contribution in [3.63, 3.8) is 0 Å². The second-order valence-corrected chi connectivity index (χ2v) is 7.50. The maximum Gasteiger partial charge on any atom is 0.276 e. The minimum Gasteiger partial charge on any atom is -0.474 e. The van der Waals surface area contributed by atoms with Crippen molar-refractivity contribution < 1.29 is 18.8 Å². The second kappa shape index (κ2) is 7.31. The molecule has 1 atom stereocenters. The summed E-state index contributed by atoms with van der Waals surface area (Å²) in [6.07, 6.45) is 3.38. The van der Waals surface area contributed by atoms with Crippen LogP contribution in [0.15, 0.2) is 28.8 Å². The highest BCUT2D eigenvalue weighted by atomic mass is 16.5. The normalized spacial score (nSPS) is 22.0. The fourth-order valence-electron chi connectivity index (χ4n) is 3.93. The monoisotopic (exact) mass is 371 g/mol. The van der Waals surface area contributed by atoms with Gasteiger partial charge in [0.1, 0.15) is 11.9 Å². The zero-order valence-corrected chi connectivity index (χ0v) is 15.8. The summed E-state index contributed by atoms with van der Waals surface area (Å²) in [5.41, 5.74) is 1.10. The van der Waals surface area contributed by atoms with Gasteiger partial charge in [-0.05, 0) is 32.8 Å². The molecule has 27 heavy (non-hydrogen) atoms. The number of aromatic nitrogens is 2. The molecule has 144 valence electrons. The van der Waals surface area contributed by atoms with Crippen LogP contribution in [0.3, 0.4) is 0 Å². The summed E-state index contributed by atoms with van der Waals surface area (Å²) in [5.74, 6) is 1.24. The van der Waals surface area contributed by atoms with Crippen LogP contribution in [0.1, 0.15) is 47.6 Å². The molecule has 2 aromatic heterocycles. The van der Waals surface area contributed by atoms with Crippen LogP contribution < -0.4 is 4.74 Å². The number of rotatable bonds is 3. The number of carbonyl (C=O) groups excluding carboxylic acids is 1. The van der Waals surface area contributed by atoms with Crippen molar-refractivity contribution >= 4 is 5.91 Å². The largest absolute Gasteiger partial charge is 0.474 e. The molecule has 2 aliphatic rings. The molecule has 4 heterocycles. The van der Waals surface area contributed by atoms with Crippen LogP contribution in [0.4, 0.5) is 0 Å². The molecular weight excluding hydrogens is 346 g/mol. The molecule has 7 nitrogen and oxygen atoms in total. The van der Waals surface area contributed by atoms with E-state index in [1.54, 1.807) is 13.0 Å². The molecule has 0 aliphatic carbocycles. The number of carbonyl (C=O) groups is 1. The van der Waals surface area contributed by atoms with Crippen molar-refractivity contribution in [3.8, 4) is 5.88 Å². The number of amides is 1. The maximum atomic E-state index is 12.6. The van der Waals surface area contributed by atoms with Crippen LogP contribution in [0, 0.1) is 13.8 Å². The molecule has 1 spiro atoms. The van der Waals surface area contributed by atoms with Gasteiger partial charge in [0.15, 0.2) is 5.69 Å². The summed E-state index contributed by atoms with van der Waals surface area (Å²) in [6.45, 7) is 5.72. The molecule has 2 saturated heterocycles. The van der Waals surface area contributed by atoms with E-state index < -0.39 is 0 Å². The summed E-state index contributed by atoms with van der Waals surface area (Å²) < 4.78 is 17.3. The number of likely N-dealkylation sites (tertiary alicyclic amines) is 1. The van der Waals surface area contributed by atoms with E-state index in [1.807, 2.05) is 30.0 Å². The Balaban J connectivity index is 1.36. The lowest BCUT2D eigenvalue weighted by Gasteiger charge is -2.45. The van der Waals surface area contributed by atoms with E-state index in [0.29, 0.717) is 37.0 Å². The van der Waals surface area contributed by atoms with E-state index in [4.69, 9.17) is 14.0 Å². The summed E-state index contributed by atoms with van der Waals surface area (Å²) in [6, 6.07) is 7.50. The molecule has 0 bridgehead atoms. The van der Waals surface area contributed by atoms with Gasteiger partial charge >= 0.3 is 0 Å². The van der Waals surface area contributed by atoms with Gasteiger partial charge in [0, 0.05) is 43.8 Å². The smallest absolute Gasteiger partial charge is 0.276 e. The fourth-order valence-corrected chi connectivity index (χ4v) is 3.93. The zero-order chi connectivity index (χ0) is 18.9. The molecule has 0 aromatic carbocycles. The van der Waals surface area contributed by atoms with Gasteiger partial charge in [-0.1, -0.05) is 11.2 Å². The molecule has 0 radical (unpaired) electrons. The predicted molar refractivity (Wildman–Crippen MR) is 97.7 cm³/mol. The van der Waals surface area contributed by atoms with E-state index in [1.165, 1.54) is 0 Å². The van der Waals surface area contributed by atoms with Crippen LogP contribution in [-0.4, -0.2) is 52.3 Å². The minimum absolute atomic E-state index is 0.0747. The Morgan fingerprint density at radius 2 is 2.11 bits per heavy atom. The third kappa shape index (κ3) is 3.98. The van der Waals surface area contributed by atoms with Crippen LogP contribution >= 0.6 is 0 Å². The topological polar surface area (TPSA) is 77.7 Å². The fraction of sp³-hybridized carbons (Fsp3) is 0.550. The van der Waals surface area contributed by atoms with Gasteiger partial charge in [0.05, 0.1) is 12.2 Å². The maximum absolute atomic E-state index is 12.6. The van der Waals surface area contributed by atoms with E-state index in [2.05, 4.69) is 10.1 Å². The van der Waals surface area contributed by atoms with E-state index >= 15 is 0 Å². The molecule has 2 aromatic rings. The van der Waals surface area contributed by atoms with E-state index in [-0.39, 0.29) is 17.6 Å². The SMILES string of the molecule is Cc1cccc(OC2CCOC3(CCN(C(=O)c4cc(C)on4)CC3)C2)n1. The van der Waals surface area contributed by atoms with E-state index in [9.17, 15) is 4.79 Å². The quantitative estimate of drug-likeness (QED) is 0.826. The average Bonchev–Trinajstić information content (AvgIpc) is 3.08. The minimum atomic E-state index is -0.219. The number of pyridine rings is 1. The van der Waals surface area contributed by atoms with Gasteiger partial charge in [-0.25, -0.2) is 4.98 Å². The average molecular weight is 371 g/mol. The lowest BCUT2D eigenvalue weighted by Crippen LogP contribution is -2.52. The van der Waals surface area contributed by atoms with Gasteiger partial charge in [-0.15, -0.1) is 0 Å². The molecule has 0 N–H and O–H groups in total. The number of hydrogen-bond acceptors (Lipinski definition) is 6. The lowest BCUT2D eigenvalue weighted by molar-refractivity contribution is -0.135. The molecule has 2 fully saturated rings.